The van der Waals surface area contributed by atoms with Crippen molar-refractivity contribution >= 4 is 30.5 Å². The Morgan fingerprint density at radius 3 is 2.07 bits per heavy atom. The Labute approximate surface area is 263 Å². The average molecular weight is 674 g/mol. The second-order valence-corrected chi connectivity index (χ2v) is 20.2. The normalized spacial score (nSPS) is 38.0. The first-order valence-corrected chi connectivity index (χ1v) is 20.7. The Hall–Kier alpha value is -0.140. The van der Waals surface area contributed by atoms with Gasteiger partial charge in [0.25, 0.3) is 0 Å². The van der Waals surface area contributed by atoms with Crippen LogP contribution in [-0.2, 0) is 12.8 Å². The molecule has 4 fully saturated rings. The fourth-order valence-corrected chi connectivity index (χ4v) is 13.7. The Bertz CT molecular complexity index is 1200. The molecule has 4 aliphatic carbocycles. The fourth-order valence-electron chi connectivity index (χ4n) is 10.6. The summed E-state index contributed by atoms with van der Waals surface area (Å²) in [5.74, 6) is 6.76. The standard InChI is InChI=1S/C33H54NS2.F6P/c1-22(2)10-9-11-23(3)26-14-15-27-25-13-12-24-20-29-30(36-31(35-29)34-18-7-6-8-19-34)21-33(24,5)28(25)16-17-32(26,27)4;1-7(2,3,4,5)6/h22-28H,6-21H2,1-5H3;/q+1;-1/t23-,24+,25+,26-,27+,28+,32-,33+;/m1./s1. The number of piperidine rings is 1. The molecule has 1 saturated heterocycles. The molecular formula is C33H54F6NPS2. The molecule has 0 aromatic carbocycles. The van der Waals surface area contributed by atoms with Gasteiger partial charge in [-0.25, -0.2) is 4.58 Å². The first-order valence-electron chi connectivity index (χ1n) is 17.0. The van der Waals surface area contributed by atoms with E-state index in [0.29, 0.717) is 10.8 Å². The van der Waals surface area contributed by atoms with Crippen LogP contribution in [0.2, 0.25) is 0 Å². The van der Waals surface area contributed by atoms with Crippen LogP contribution in [0.4, 0.5) is 25.2 Å². The Kier molecular flexibility index (Phi) is 9.17. The molecule has 5 aliphatic rings. The first kappa shape index (κ1) is 34.2. The zero-order valence-electron chi connectivity index (χ0n) is 26.8. The molecule has 250 valence electrons. The van der Waals surface area contributed by atoms with Gasteiger partial charge < -0.3 is 0 Å². The molecule has 0 spiro atoms. The van der Waals surface area contributed by atoms with Gasteiger partial charge in [-0.3, -0.25) is 0 Å². The molecular weight excluding hydrogens is 619 g/mol. The van der Waals surface area contributed by atoms with E-state index < -0.39 is 7.81 Å². The summed E-state index contributed by atoms with van der Waals surface area (Å²) >= 11 is 4.41. The molecule has 2 heterocycles. The van der Waals surface area contributed by atoms with E-state index in [4.69, 9.17) is 0 Å². The third kappa shape index (κ3) is 8.06. The van der Waals surface area contributed by atoms with Gasteiger partial charge in [0.05, 0.1) is 0 Å². The van der Waals surface area contributed by atoms with Gasteiger partial charge in [-0.05, 0) is 110 Å². The van der Waals surface area contributed by atoms with Crippen molar-refractivity contribution in [3.05, 3.63) is 13.7 Å². The van der Waals surface area contributed by atoms with Crippen LogP contribution in [0.15, 0.2) is 0 Å². The van der Waals surface area contributed by atoms with Crippen molar-refractivity contribution in [1.29, 1.82) is 0 Å². The van der Waals surface area contributed by atoms with Gasteiger partial charge in [0, 0.05) is 22.6 Å². The summed E-state index contributed by atoms with van der Waals surface area (Å²) in [6, 6.07) is 0. The predicted molar refractivity (Wildman–Crippen MR) is 171 cm³/mol. The van der Waals surface area contributed by atoms with Crippen LogP contribution in [0, 0.1) is 52.3 Å². The Morgan fingerprint density at radius 1 is 0.791 bits per heavy atom. The molecule has 0 bridgehead atoms. The first-order chi connectivity index (χ1) is 19.7. The zero-order chi connectivity index (χ0) is 31.5. The third-order valence-corrected chi connectivity index (χ3v) is 15.4. The van der Waals surface area contributed by atoms with Gasteiger partial charge >= 0.3 is 37.0 Å². The Balaban J connectivity index is 0.000000472. The van der Waals surface area contributed by atoms with E-state index in [2.05, 4.69) is 61.9 Å². The molecule has 0 radical (unpaired) electrons. The summed E-state index contributed by atoms with van der Waals surface area (Å²) in [6.07, 6.45) is 20.6. The van der Waals surface area contributed by atoms with Crippen LogP contribution < -0.4 is 8.56 Å². The minimum atomic E-state index is -10.7. The molecule has 8 atom stereocenters. The van der Waals surface area contributed by atoms with Crippen LogP contribution in [0.1, 0.15) is 121 Å². The van der Waals surface area contributed by atoms with Crippen molar-refractivity contribution in [2.24, 2.45) is 52.3 Å². The number of halogens is 6. The molecule has 0 N–H and O–H groups in total. The molecule has 3 saturated carbocycles. The molecule has 1 nitrogen and oxygen atoms in total. The minimum absolute atomic E-state index is 0.564. The summed E-state index contributed by atoms with van der Waals surface area (Å²) in [5, 5.41) is 0. The predicted octanol–water partition coefficient (Wildman–Crippen LogP) is 12.2. The molecule has 1 aromatic heterocycles. The van der Waals surface area contributed by atoms with Gasteiger partial charge in [-0.15, -0.1) is 0 Å². The molecule has 1 aromatic rings. The molecule has 1 aliphatic heterocycles. The fraction of sp³-hybridized carbons (Fsp3) is 0.909. The number of fused-ring (bicyclic) bond motifs is 6. The van der Waals surface area contributed by atoms with Crippen molar-refractivity contribution in [3.63, 3.8) is 0 Å². The topological polar surface area (TPSA) is 3.01 Å². The molecule has 10 heteroatoms. The van der Waals surface area contributed by atoms with Crippen molar-refractivity contribution in [1.82, 2.24) is 4.58 Å². The number of nitrogens with zero attached hydrogens (tertiary/aromatic N) is 1. The van der Waals surface area contributed by atoms with E-state index in [1.54, 1.807) is 26.6 Å². The summed E-state index contributed by atoms with van der Waals surface area (Å²) in [6.45, 7) is 15.6. The molecule has 0 amide bonds. The van der Waals surface area contributed by atoms with E-state index in [-0.39, 0.29) is 0 Å². The molecule has 0 unspecified atom stereocenters. The van der Waals surface area contributed by atoms with Crippen molar-refractivity contribution in [2.45, 2.75) is 125 Å². The monoisotopic (exact) mass is 673 g/mol. The zero-order valence-corrected chi connectivity index (χ0v) is 29.4. The van der Waals surface area contributed by atoms with Crippen LogP contribution in [-0.4, -0.2) is 13.1 Å². The van der Waals surface area contributed by atoms with E-state index in [1.807, 2.05) is 0 Å². The van der Waals surface area contributed by atoms with Gasteiger partial charge in [0.2, 0.25) is 0 Å². The number of hydrogen-bond acceptors (Lipinski definition) is 2. The van der Waals surface area contributed by atoms with Crippen molar-refractivity contribution < 1.29 is 25.2 Å². The summed E-state index contributed by atoms with van der Waals surface area (Å²) < 4.78 is 63.6. The quantitative estimate of drug-likeness (QED) is 0.166. The van der Waals surface area contributed by atoms with E-state index >= 15 is 0 Å². The number of hydrogen-bond donors (Lipinski definition) is 0. The van der Waals surface area contributed by atoms with E-state index in [1.165, 1.54) is 90.1 Å². The molecule has 6 rings (SSSR count). The maximum atomic E-state index is 9.87. The van der Waals surface area contributed by atoms with Crippen molar-refractivity contribution in [2.75, 3.05) is 13.1 Å². The van der Waals surface area contributed by atoms with Crippen LogP contribution >= 0.6 is 30.5 Å². The van der Waals surface area contributed by atoms with Gasteiger partial charge in [-0.2, -0.15) is 0 Å². The Morgan fingerprint density at radius 2 is 1.42 bits per heavy atom. The second kappa shape index (κ2) is 11.5. The van der Waals surface area contributed by atoms with Gasteiger partial charge in [0.1, 0.15) is 13.1 Å². The summed E-state index contributed by atoms with van der Waals surface area (Å²) in [7, 11) is -10.7. The maximum absolute atomic E-state index is 10.7. The van der Waals surface area contributed by atoms with Crippen LogP contribution in [0.25, 0.3) is 0 Å². The van der Waals surface area contributed by atoms with Gasteiger partial charge in [0.15, 0.2) is 0 Å². The third-order valence-electron chi connectivity index (χ3n) is 12.6. The summed E-state index contributed by atoms with van der Waals surface area (Å²) in [4.78, 5) is 3.59. The van der Waals surface area contributed by atoms with E-state index in [9.17, 15) is 25.2 Å². The number of rotatable bonds is 5. The van der Waals surface area contributed by atoms with Crippen LogP contribution in [0.3, 0.4) is 0 Å². The van der Waals surface area contributed by atoms with Crippen molar-refractivity contribution in [3.8, 4) is 0 Å². The van der Waals surface area contributed by atoms with Crippen LogP contribution in [0.5, 0.6) is 0 Å². The average Bonchev–Trinajstić information content (AvgIpc) is 3.45. The SMILES string of the molecule is CC(C)CCC[C@@H](C)[C@H]1CC[C@H]2[C@@H]3CC[C@H]4Cc5sc(=[N+]6CCCCC6)sc5C[C@]4(C)[C@H]3CC[C@]12C.F[P-](F)(F)(F)(F)F. The van der Waals surface area contributed by atoms with E-state index in [0.717, 1.165) is 41.4 Å². The molecule has 43 heavy (non-hydrogen) atoms. The summed E-state index contributed by atoms with van der Waals surface area (Å²) in [5.41, 5.74) is 1.20. The van der Waals surface area contributed by atoms with Gasteiger partial charge in [-0.1, -0.05) is 76.6 Å². The second-order valence-electron chi connectivity index (χ2n) is 15.9.